The Morgan fingerprint density at radius 3 is 2.53 bits per heavy atom. The summed E-state index contributed by atoms with van der Waals surface area (Å²) in [5.74, 6) is -2.33. The van der Waals surface area contributed by atoms with E-state index in [2.05, 4.69) is 20.3 Å². The summed E-state index contributed by atoms with van der Waals surface area (Å²) in [6, 6.07) is 2.54. The van der Waals surface area contributed by atoms with E-state index in [1.54, 1.807) is 32.0 Å². The first-order valence-corrected chi connectivity index (χ1v) is 21.7. The SMILES string of the molecule is COc1ccc2nc(C(F)F)c3c(c2c1)CCC1(CC2C(=O)NC4(C(=O)NS(=O)(=O)C5(C)CC5)CC4C=CCCCCCC(NC(=O)OC(C)C(C)C)C(=O)N2C1)O3. The van der Waals surface area contributed by atoms with Gasteiger partial charge in [0.05, 0.1) is 23.9 Å². The Bertz CT molecular complexity index is 2130. The Morgan fingerprint density at radius 1 is 1.09 bits per heavy atom. The quantitative estimate of drug-likeness (QED) is 0.293. The zero-order valence-electron chi connectivity index (χ0n) is 33.6. The van der Waals surface area contributed by atoms with Crippen molar-refractivity contribution in [2.24, 2.45) is 11.8 Å². The molecule has 6 unspecified atom stereocenters. The van der Waals surface area contributed by atoms with Crippen molar-refractivity contribution >= 4 is 44.7 Å². The molecule has 3 N–H and O–H groups in total. The van der Waals surface area contributed by atoms with Crippen LogP contribution in [-0.2, 0) is 35.6 Å². The molecule has 17 heteroatoms. The molecular formula is C41H53F2N5O9S. The van der Waals surface area contributed by atoms with Crippen molar-refractivity contribution < 1.29 is 50.6 Å². The maximum Gasteiger partial charge on any atom is 0.408 e. The third kappa shape index (κ3) is 7.94. The second-order valence-electron chi connectivity index (χ2n) is 17.2. The van der Waals surface area contributed by atoms with Gasteiger partial charge in [-0.15, -0.1) is 0 Å². The van der Waals surface area contributed by atoms with Crippen molar-refractivity contribution in [3.63, 3.8) is 0 Å². The highest BCUT2D eigenvalue weighted by Crippen LogP contribution is 2.50. The largest absolute Gasteiger partial charge is 0.497 e. The minimum Gasteiger partial charge on any atom is -0.497 e. The smallest absolute Gasteiger partial charge is 0.408 e. The number of halogens is 2. The van der Waals surface area contributed by atoms with E-state index in [1.165, 1.54) is 12.0 Å². The number of rotatable bonds is 8. The van der Waals surface area contributed by atoms with Gasteiger partial charge >= 0.3 is 6.09 Å². The van der Waals surface area contributed by atoms with Crippen LogP contribution in [0.4, 0.5) is 13.6 Å². The summed E-state index contributed by atoms with van der Waals surface area (Å²) in [5.41, 5.74) is -2.68. The van der Waals surface area contributed by atoms with E-state index in [-0.39, 0.29) is 50.3 Å². The molecule has 4 heterocycles. The molecule has 2 aliphatic carbocycles. The Morgan fingerprint density at radius 2 is 1.84 bits per heavy atom. The predicted octanol–water partition coefficient (Wildman–Crippen LogP) is 5.38. The first-order valence-electron chi connectivity index (χ1n) is 20.2. The van der Waals surface area contributed by atoms with E-state index in [0.29, 0.717) is 54.3 Å². The Labute approximate surface area is 337 Å². The molecule has 0 bridgehead atoms. The molecule has 3 fully saturated rings. The standard InChI is InChI=1S/C41H53F2N5O9S/c1-23(2)24(3)56-38(52)45-30-12-10-8-6-7-9-11-25-20-41(25,37(51)47-58(53,54)39(4)17-18-39)46-35(49)31-21-40(22-48(31)36(30)50)16-15-27-28-19-26(55-5)13-14-29(28)44-32(34(42)43)33(27)57-40/h9,11,13-14,19,23-25,30-31,34H,6-8,10,12,15-18,20-22H2,1-5H3,(H,45,52)(H,46,49)(H,47,51). The van der Waals surface area contributed by atoms with E-state index in [0.717, 1.165) is 6.42 Å². The minimum absolute atomic E-state index is 0.00370. The fourth-order valence-corrected chi connectivity index (χ4v) is 9.60. The number of carbonyl (C=O) groups excluding carboxylic acids is 4. The van der Waals surface area contributed by atoms with Crippen LogP contribution in [0.2, 0.25) is 0 Å². The molecule has 7 rings (SSSR count). The Kier molecular flexibility index (Phi) is 11.2. The van der Waals surface area contributed by atoms with Crippen LogP contribution < -0.4 is 24.8 Å². The third-order valence-electron chi connectivity index (χ3n) is 12.8. The molecule has 6 atom stereocenters. The summed E-state index contributed by atoms with van der Waals surface area (Å²) in [7, 11) is -2.56. The highest BCUT2D eigenvalue weighted by atomic mass is 32.2. The van der Waals surface area contributed by atoms with Gasteiger partial charge in [0.15, 0.2) is 5.75 Å². The minimum atomic E-state index is -4.06. The zero-order valence-corrected chi connectivity index (χ0v) is 34.4. The lowest BCUT2D eigenvalue weighted by atomic mass is 9.87. The fraction of sp³-hybridized carbons (Fsp3) is 0.634. The molecule has 58 heavy (non-hydrogen) atoms. The number of alkyl carbamates (subject to hydrolysis) is 1. The van der Waals surface area contributed by atoms with E-state index < -0.39 is 85.9 Å². The molecule has 1 saturated heterocycles. The number of fused-ring (bicyclic) bond motifs is 5. The number of methoxy groups -OCH3 is 1. The van der Waals surface area contributed by atoms with Crippen LogP contribution in [-0.4, -0.2) is 89.8 Å². The van der Waals surface area contributed by atoms with Gasteiger partial charge in [-0.3, -0.25) is 19.1 Å². The number of carbonyl (C=O) groups is 4. The van der Waals surface area contributed by atoms with E-state index in [1.807, 2.05) is 26.0 Å². The zero-order chi connectivity index (χ0) is 41.8. The van der Waals surface area contributed by atoms with E-state index in [4.69, 9.17) is 14.2 Å². The van der Waals surface area contributed by atoms with Gasteiger partial charge in [-0.1, -0.05) is 38.8 Å². The molecule has 3 aliphatic heterocycles. The number of benzene rings is 1. The molecule has 1 spiro atoms. The summed E-state index contributed by atoms with van der Waals surface area (Å²) in [4.78, 5) is 62.2. The van der Waals surface area contributed by atoms with Crippen LogP contribution in [0.3, 0.4) is 0 Å². The van der Waals surface area contributed by atoms with Crippen molar-refractivity contribution in [1.82, 2.24) is 25.2 Å². The lowest BCUT2D eigenvalue weighted by molar-refractivity contribution is -0.141. The number of pyridine rings is 1. The summed E-state index contributed by atoms with van der Waals surface area (Å²) >= 11 is 0. The van der Waals surface area contributed by atoms with Crippen molar-refractivity contribution in [2.75, 3.05) is 13.7 Å². The fourth-order valence-electron chi connectivity index (χ4n) is 8.29. The molecule has 4 amide bonds. The molecule has 2 saturated carbocycles. The Hall–Kier alpha value is -4.54. The van der Waals surface area contributed by atoms with Gasteiger partial charge in [-0.05, 0) is 89.3 Å². The Balaban J connectivity index is 1.25. The lowest BCUT2D eigenvalue weighted by Crippen LogP contribution is -2.58. The van der Waals surface area contributed by atoms with Crippen molar-refractivity contribution in [3.05, 3.63) is 41.6 Å². The van der Waals surface area contributed by atoms with Crippen LogP contribution >= 0.6 is 0 Å². The topological polar surface area (TPSA) is 182 Å². The number of ether oxygens (including phenoxy) is 3. The highest BCUT2D eigenvalue weighted by molar-refractivity contribution is 7.91. The van der Waals surface area contributed by atoms with Crippen molar-refractivity contribution in [2.45, 2.75) is 139 Å². The number of allylic oxidation sites excluding steroid dienone is 1. The lowest BCUT2D eigenvalue weighted by Gasteiger charge is -2.37. The van der Waals surface area contributed by atoms with Gasteiger partial charge in [0.2, 0.25) is 21.8 Å². The number of nitrogens with one attached hydrogen (secondary N) is 3. The second-order valence-corrected chi connectivity index (χ2v) is 19.4. The average Bonchev–Trinajstić information content (AvgIpc) is 4.07. The molecule has 2 aromatic rings. The highest BCUT2D eigenvalue weighted by Gasteiger charge is 2.64. The van der Waals surface area contributed by atoms with Crippen molar-refractivity contribution in [1.29, 1.82) is 0 Å². The van der Waals surface area contributed by atoms with Crippen LogP contribution in [0.5, 0.6) is 11.5 Å². The van der Waals surface area contributed by atoms with Crippen LogP contribution in [0.25, 0.3) is 10.9 Å². The second kappa shape index (κ2) is 15.6. The summed E-state index contributed by atoms with van der Waals surface area (Å²) < 4.78 is 74.6. The van der Waals surface area contributed by atoms with Gasteiger partial charge < -0.3 is 29.7 Å². The normalized spacial score (nSPS) is 28.6. The number of amides is 4. The number of sulfonamides is 1. The first kappa shape index (κ1) is 41.6. The van der Waals surface area contributed by atoms with Crippen LogP contribution in [0.1, 0.15) is 110 Å². The van der Waals surface area contributed by atoms with E-state index >= 15 is 0 Å². The number of aromatic nitrogens is 1. The molecule has 316 valence electrons. The van der Waals surface area contributed by atoms with Gasteiger partial charge in [-0.2, -0.15) is 0 Å². The molecule has 1 aromatic carbocycles. The van der Waals surface area contributed by atoms with Gasteiger partial charge in [0.1, 0.15) is 40.8 Å². The third-order valence-corrected chi connectivity index (χ3v) is 14.9. The number of hydrogen-bond acceptors (Lipinski definition) is 10. The molecular weight excluding hydrogens is 777 g/mol. The van der Waals surface area contributed by atoms with Crippen molar-refractivity contribution in [3.8, 4) is 11.5 Å². The maximum absolute atomic E-state index is 14.8. The maximum atomic E-state index is 14.8. The number of hydrogen-bond donors (Lipinski definition) is 3. The number of nitrogens with zero attached hydrogens (tertiary/aromatic N) is 2. The average molecular weight is 830 g/mol. The number of alkyl halides is 2. The molecule has 14 nitrogen and oxygen atoms in total. The molecule has 5 aliphatic rings. The first-order chi connectivity index (χ1) is 27.4. The van der Waals surface area contributed by atoms with Gasteiger partial charge in [-0.25, -0.2) is 27.0 Å². The monoisotopic (exact) mass is 829 g/mol. The predicted molar refractivity (Wildman–Crippen MR) is 209 cm³/mol. The van der Waals surface area contributed by atoms with Gasteiger partial charge in [0, 0.05) is 23.3 Å². The van der Waals surface area contributed by atoms with Gasteiger partial charge in [0.25, 0.3) is 12.3 Å². The van der Waals surface area contributed by atoms with Crippen LogP contribution in [0.15, 0.2) is 30.4 Å². The van der Waals surface area contributed by atoms with Crippen LogP contribution in [0, 0.1) is 11.8 Å². The summed E-state index contributed by atoms with van der Waals surface area (Å²) in [5, 5.41) is 6.16. The number of aryl methyl sites for hydroxylation is 1. The molecule has 1 aromatic heterocycles. The summed E-state index contributed by atoms with van der Waals surface area (Å²) in [6.45, 7) is 6.89. The molecule has 0 radical (unpaired) electrons. The summed E-state index contributed by atoms with van der Waals surface area (Å²) in [6.07, 6.45) is 3.59. The van der Waals surface area contributed by atoms with E-state index in [9.17, 15) is 36.4 Å².